The van der Waals surface area contributed by atoms with Crippen molar-refractivity contribution in [3.05, 3.63) is 0 Å². The summed E-state index contributed by atoms with van der Waals surface area (Å²) in [4.78, 5) is 4.80. The number of nitriles is 1. The SMILES string of the molecule is CC1CN(C)CCCN1CCC#N. The monoisotopic (exact) mass is 181 g/mol. The molecule has 0 amide bonds. The molecule has 1 fully saturated rings. The summed E-state index contributed by atoms with van der Waals surface area (Å²) in [5.41, 5.74) is 0. The van der Waals surface area contributed by atoms with Crippen LogP contribution in [0.5, 0.6) is 0 Å². The summed E-state index contributed by atoms with van der Waals surface area (Å²) < 4.78 is 0. The minimum atomic E-state index is 0.598. The van der Waals surface area contributed by atoms with Gasteiger partial charge >= 0.3 is 0 Å². The molecule has 1 atom stereocenters. The van der Waals surface area contributed by atoms with Crippen LogP contribution in [0.4, 0.5) is 0 Å². The lowest BCUT2D eigenvalue weighted by Crippen LogP contribution is -2.38. The van der Waals surface area contributed by atoms with E-state index in [9.17, 15) is 0 Å². The maximum atomic E-state index is 8.52. The highest BCUT2D eigenvalue weighted by Gasteiger charge is 2.18. The highest BCUT2D eigenvalue weighted by Crippen LogP contribution is 2.08. The van der Waals surface area contributed by atoms with E-state index in [1.165, 1.54) is 13.0 Å². The Labute approximate surface area is 80.9 Å². The van der Waals surface area contributed by atoms with Gasteiger partial charge in [-0.05, 0) is 33.5 Å². The van der Waals surface area contributed by atoms with E-state index in [1.807, 2.05) is 0 Å². The van der Waals surface area contributed by atoms with Gasteiger partial charge in [-0.2, -0.15) is 5.26 Å². The first-order chi connectivity index (χ1) is 6.24. The van der Waals surface area contributed by atoms with Crippen molar-refractivity contribution in [2.75, 3.05) is 33.2 Å². The molecule has 3 nitrogen and oxygen atoms in total. The zero-order valence-electron chi connectivity index (χ0n) is 8.66. The molecular weight excluding hydrogens is 162 g/mol. The quantitative estimate of drug-likeness (QED) is 0.635. The Morgan fingerprint density at radius 1 is 1.46 bits per heavy atom. The van der Waals surface area contributed by atoms with Crippen LogP contribution in [-0.4, -0.2) is 49.1 Å². The molecule has 0 radical (unpaired) electrons. The Morgan fingerprint density at radius 3 is 2.92 bits per heavy atom. The molecule has 0 aromatic carbocycles. The maximum absolute atomic E-state index is 8.52. The van der Waals surface area contributed by atoms with Crippen molar-refractivity contribution in [1.29, 1.82) is 5.26 Å². The first-order valence-electron chi connectivity index (χ1n) is 5.03. The maximum Gasteiger partial charge on any atom is 0.0635 e. The Balaban J connectivity index is 2.39. The van der Waals surface area contributed by atoms with Crippen LogP contribution < -0.4 is 0 Å². The fraction of sp³-hybridized carbons (Fsp3) is 0.900. The molecule has 0 saturated carbocycles. The number of likely N-dealkylation sites (N-methyl/N-ethyl adjacent to an activating group) is 1. The van der Waals surface area contributed by atoms with Crippen molar-refractivity contribution < 1.29 is 0 Å². The number of nitrogens with zero attached hydrogens (tertiary/aromatic N) is 3. The number of hydrogen-bond donors (Lipinski definition) is 0. The number of hydrogen-bond acceptors (Lipinski definition) is 3. The first-order valence-corrected chi connectivity index (χ1v) is 5.03. The molecule has 74 valence electrons. The zero-order chi connectivity index (χ0) is 9.68. The van der Waals surface area contributed by atoms with Crippen molar-refractivity contribution in [3.63, 3.8) is 0 Å². The second-order valence-electron chi connectivity index (χ2n) is 3.91. The standard InChI is InChI=1S/C10H19N3/c1-10-9-12(2)6-4-8-13(10)7-3-5-11/h10H,3-4,6-9H2,1-2H3. The average Bonchev–Trinajstić information content (AvgIpc) is 2.24. The van der Waals surface area contributed by atoms with Gasteiger partial charge in [0.2, 0.25) is 0 Å². The molecule has 3 heteroatoms. The van der Waals surface area contributed by atoms with Gasteiger partial charge in [-0.1, -0.05) is 0 Å². The topological polar surface area (TPSA) is 30.3 Å². The van der Waals surface area contributed by atoms with Gasteiger partial charge in [-0.3, -0.25) is 4.90 Å². The van der Waals surface area contributed by atoms with Gasteiger partial charge in [0.1, 0.15) is 0 Å². The van der Waals surface area contributed by atoms with Crippen LogP contribution in [0.3, 0.4) is 0 Å². The molecule has 1 unspecified atom stereocenters. The van der Waals surface area contributed by atoms with Gasteiger partial charge in [0.05, 0.1) is 6.07 Å². The van der Waals surface area contributed by atoms with Gasteiger partial charge in [0.25, 0.3) is 0 Å². The third-order valence-electron chi connectivity index (χ3n) is 2.70. The summed E-state index contributed by atoms with van der Waals surface area (Å²) in [7, 11) is 2.17. The highest BCUT2D eigenvalue weighted by atomic mass is 15.2. The third kappa shape index (κ3) is 3.33. The van der Waals surface area contributed by atoms with Crippen LogP contribution in [-0.2, 0) is 0 Å². The lowest BCUT2D eigenvalue weighted by molar-refractivity contribution is 0.206. The van der Waals surface area contributed by atoms with E-state index in [-0.39, 0.29) is 0 Å². The van der Waals surface area contributed by atoms with Crippen molar-refractivity contribution in [3.8, 4) is 6.07 Å². The smallest absolute Gasteiger partial charge is 0.0635 e. The zero-order valence-corrected chi connectivity index (χ0v) is 8.66. The molecule has 13 heavy (non-hydrogen) atoms. The van der Waals surface area contributed by atoms with E-state index in [0.717, 1.165) is 19.6 Å². The van der Waals surface area contributed by atoms with Crippen LogP contribution in [0.25, 0.3) is 0 Å². The van der Waals surface area contributed by atoms with E-state index < -0.39 is 0 Å². The second kappa shape index (κ2) is 5.21. The molecule has 0 spiro atoms. The van der Waals surface area contributed by atoms with Crippen molar-refractivity contribution in [2.24, 2.45) is 0 Å². The van der Waals surface area contributed by atoms with Gasteiger partial charge < -0.3 is 4.90 Å². The minimum Gasteiger partial charge on any atom is -0.305 e. The molecule has 1 rings (SSSR count). The van der Waals surface area contributed by atoms with Crippen LogP contribution in [0.2, 0.25) is 0 Å². The summed E-state index contributed by atoms with van der Waals surface area (Å²) in [6.07, 6.45) is 1.89. The van der Waals surface area contributed by atoms with Gasteiger partial charge in [-0.15, -0.1) is 0 Å². The minimum absolute atomic E-state index is 0.598. The van der Waals surface area contributed by atoms with E-state index >= 15 is 0 Å². The molecule has 1 aliphatic rings. The summed E-state index contributed by atoms with van der Waals surface area (Å²) in [6.45, 7) is 6.65. The van der Waals surface area contributed by atoms with Crippen LogP contribution in [0.1, 0.15) is 19.8 Å². The predicted octanol–water partition coefficient (Wildman–Crippen LogP) is 0.926. The summed E-state index contributed by atoms with van der Waals surface area (Å²) in [5.74, 6) is 0. The van der Waals surface area contributed by atoms with E-state index in [1.54, 1.807) is 0 Å². The molecule has 0 aliphatic carbocycles. The molecule has 1 saturated heterocycles. The van der Waals surface area contributed by atoms with E-state index in [4.69, 9.17) is 5.26 Å². The third-order valence-corrected chi connectivity index (χ3v) is 2.70. The fourth-order valence-corrected chi connectivity index (χ4v) is 1.95. The summed E-state index contributed by atoms with van der Waals surface area (Å²) >= 11 is 0. The van der Waals surface area contributed by atoms with Crippen LogP contribution >= 0.6 is 0 Å². The fourth-order valence-electron chi connectivity index (χ4n) is 1.95. The highest BCUT2D eigenvalue weighted by molar-refractivity contribution is 4.79. The normalized spacial score (nSPS) is 26.7. The predicted molar refractivity (Wildman–Crippen MR) is 53.4 cm³/mol. The van der Waals surface area contributed by atoms with E-state index in [0.29, 0.717) is 12.5 Å². The average molecular weight is 181 g/mol. The molecule has 0 aromatic rings. The van der Waals surface area contributed by atoms with Gasteiger partial charge in [-0.25, -0.2) is 0 Å². The van der Waals surface area contributed by atoms with Crippen molar-refractivity contribution in [2.45, 2.75) is 25.8 Å². The number of rotatable bonds is 2. The summed E-state index contributed by atoms with van der Waals surface area (Å²) in [5, 5.41) is 8.52. The van der Waals surface area contributed by atoms with Gasteiger partial charge in [0, 0.05) is 25.6 Å². The molecule has 0 bridgehead atoms. The Bertz CT molecular complexity index is 185. The lowest BCUT2D eigenvalue weighted by atomic mass is 10.2. The molecule has 1 heterocycles. The van der Waals surface area contributed by atoms with E-state index in [2.05, 4.69) is 29.8 Å². The first kappa shape index (κ1) is 10.5. The van der Waals surface area contributed by atoms with Gasteiger partial charge in [0.15, 0.2) is 0 Å². The van der Waals surface area contributed by atoms with Crippen molar-refractivity contribution in [1.82, 2.24) is 9.80 Å². The Hall–Kier alpha value is -0.590. The molecule has 0 aromatic heterocycles. The van der Waals surface area contributed by atoms with Crippen LogP contribution in [0, 0.1) is 11.3 Å². The lowest BCUT2D eigenvalue weighted by Gasteiger charge is -2.26. The molecule has 1 aliphatic heterocycles. The largest absolute Gasteiger partial charge is 0.305 e. The molecule has 0 N–H and O–H groups in total. The summed E-state index contributed by atoms with van der Waals surface area (Å²) in [6, 6.07) is 2.81. The van der Waals surface area contributed by atoms with Crippen molar-refractivity contribution >= 4 is 0 Å². The second-order valence-corrected chi connectivity index (χ2v) is 3.91. The molecular formula is C10H19N3. The Kier molecular flexibility index (Phi) is 4.20. The Morgan fingerprint density at radius 2 is 2.23 bits per heavy atom. The van der Waals surface area contributed by atoms with Crippen LogP contribution in [0.15, 0.2) is 0 Å².